The van der Waals surface area contributed by atoms with Crippen LogP contribution in [0.15, 0.2) is 30.3 Å². The van der Waals surface area contributed by atoms with Gasteiger partial charge in [-0.3, -0.25) is 10.1 Å². The highest BCUT2D eigenvalue weighted by Crippen LogP contribution is 2.52. The molecule has 0 unspecified atom stereocenters. The Morgan fingerprint density at radius 2 is 0.342 bits per heavy atom. The van der Waals surface area contributed by atoms with E-state index in [-0.39, 0.29) is 16.4 Å². The first-order valence-corrected chi connectivity index (χ1v) is 49.4. The van der Waals surface area contributed by atoms with E-state index >= 15 is 0 Å². The van der Waals surface area contributed by atoms with E-state index in [9.17, 15) is 10.1 Å². The molecule has 4 aromatic carbocycles. The second-order valence-corrected chi connectivity index (χ2v) is 34.3. The SMILES string of the molecule is CCCCCCCCCCCCCCOc1cc2c3cc(OCCCCCCCCCCCCCC)c(OCCCCCCCCCCCCCC)cc3c3c([N+](=O)[O-])c(OCCCCCCCCCCCCCC)c(OCCCCCCCCCCCCCC)cc3c2cc1OCCCCCCCCCCCCCC. The summed E-state index contributed by atoms with van der Waals surface area (Å²) >= 11 is 0. The van der Waals surface area contributed by atoms with Crippen molar-refractivity contribution in [2.45, 2.75) is 504 Å². The normalized spacial score (nSPS) is 11.7. The minimum absolute atomic E-state index is 0.0358. The molecule has 640 valence electrons. The van der Waals surface area contributed by atoms with Crippen LogP contribution in [0, 0.1) is 10.1 Å². The van der Waals surface area contributed by atoms with E-state index in [0.717, 1.165) is 123 Å². The summed E-state index contributed by atoms with van der Waals surface area (Å²) in [5.74, 6) is 3.48. The van der Waals surface area contributed by atoms with Crippen LogP contribution >= 0.6 is 0 Å². The van der Waals surface area contributed by atoms with Gasteiger partial charge in [0.25, 0.3) is 0 Å². The molecule has 0 amide bonds. The number of nitrogens with zero attached hydrogens (tertiary/aromatic N) is 1. The lowest BCUT2D eigenvalue weighted by molar-refractivity contribution is -0.384. The van der Waals surface area contributed by atoms with Crippen LogP contribution in [-0.4, -0.2) is 44.6 Å². The summed E-state index contributed by atoms with van der Waals surface area (Å²) in [5, 5.41) is 19.3. The van der Waals surface area contributed by atoms with Crippen LogP contribution in [0.4, 0.5) is 5.69 Å². The first kappa shape index (κ1) is 99.2. The van der Waals surface area contributed by atoms with Crippen molar-refractivity contribution in [1.29, 1.82) is 0 Å². The molecule has 4 aromatic rings. The molecule has 0 bridgehead atoms. The molecule has 0 aliphatic carbocycles. The lowest BCUT2D eigenvalue weighted by Gasteiger charge is -2.21. The zero-order chi connectivity index (χ0) is 79.0. The van der Waals surface area contributed by atoms with Crippen molar-refractivity contribution in [2.75, 3.05) is 39.6 Å². The largest absolute Gasteiger partial charge is 0.490 e. The van der Waals surface area contributed by atoms with E-state index in [1.807, 2.05) is 0 Å². The highest BCUT2D eigenvalue weighted by Gasteiger charge is 2.31. The minimum Gasteiger partial charge on any atom is -0.490 e. The summed E-state index contributed by atoms with van der Waals surface area (Å²) in [4.78, 5) is 14.4. The van der Waals surface area contributed by atoms with Crippen molar-refractivity contribution in [1.82, 2.24) is 0 Å². The Labute approximate surface area is 685 Å². The third-order valence-electron chi connectivity index (χ3n) is 23.9. The summed E-state index contributed by atoms with van der Waals surface area (Å²) in [6, 6.07) is 10.7. The van der Waals surface area contributed by atoms with Crippen molar-refractivity contribution in [2.24, 2.45) is 0 Å². The summed E-state index contributed by atoms with van der Waals surface area (Å²) in [6.45, 7) is 16.9. The average Bonchev–Trinajstić information content (AvgIpc) is 0.715. The molecular formula is C102H179NO8. The molecule has 0 aliphatic heterocycles. The number of rotatable bonds is 85. The van der Waals surface area contributed by atoms with Gasteiger partial charge in [-0.1, -0.05) is 465 Å². The third kappa shape index (κ3) is 48.2. The lowest BCUT2D eigenvalue weighted by atomic mass is 9.92. The molecule has 0 atom stereocenters. The minimum atomic E-state index is -0.177. The Kier molecular flexibility index (Phi) is 64.7. The van der Waals surface area contributed by atoms with E-state index in [1.54, 1.807) is 0 Å². The second-order valence-electron chi connectivity index (χ2n) is 34.3. The van der Waals surface area contributed by atoms with Gasteiger partial charge in [0, 0.05) is 10.8 Å². The molecule has 0 saturated carbocycles. The van der Waals surface area contributed by atoms with Crippen LogP contribution in [0.2, 0.25) is 0 Å². The van der Waals surface area contributed by atoms with E-state index < -0.39 is 0 Å². The Hall–Kier alpha value is -4.14. The second kappa shape index (κ2) is 72.3. The summed E-state index contributed by atoms with van der Waals surface area (Å²) in [5.41, 5.74) is -0.0358. The van der Waals surface area contributed by atoms with Gasteiger partial charge < -0.3 is 28.4 Å². The zero-order valence-electron chi connectivity index (χ0n) is 74.3. The van der Waals surface area contributed by atoms with E-state index in [4.69, 9.17) is 28.4 Å². The van der Waals surface area contributed by atoms with Gasteiger partial charge >= 0.3 is 5.69 Å². The van der Waals surface area contributed by atoms with Crippen LogP contribution in [0.3, 0.4) is 0 Å². The maximum absolute atomic E-state index is 14.5. The first-order chi connectivity index (χ1) is 54.9. The maximum atomic E-state index is 14.5. The van der Waals surface area contributed by atoms with Crippen molar-refractivity contribution in [3.8, 4) is 34.5 Å². The van der Waals surface area contributed by atoms with Crippen LogP contribution in [0.25, 0.3) is 32.3 Å². The Bertz CT molecular complexity index is 2700. The number of hydrogen-bond donors (Lipinski definition) is 0. The van der Waals surface area contributed by atoms with Crippen LogP contribution in [0.1, 0.15) is 504 Å². The zero-order valence-corrected chi connectivity index (χ0v) is 74.3. The van der Waals surface area contributed by atoms with Crippen LogP contribution in [-0.2, 0) is 0 Å². The maximum Gasteiger partial charge on any atom is 0.323 e. The molecule has 0 aromatic heterocycles. The topological polar surface area (TPSA) is 98.5 Å². The standard InChI is InChI=1S/C102H179NO8/c1-7-13-19-25-31-37-43-49-55-61-67-73-79-106-95-85-90-91-86-97(108-81-75-69-63-57-51-45-39-33-27-21-15-9-3)98(109-82-76-70-64-58-52-46-40-34-28-22-16-10-4)88-93(91)100-94(92(90)87-96(95)107-80-74-68-62-56-50-44-38-32-26-20-14-8-2)89-99(110-83-77-71-65-59-53-47-41-35-29-23-17-11-5)102(101(100)103(104)105)111-84-78-72-66-60-54-48-42-36-30-24-18-12-6/h85-89H,7-84H2,1-6H3. The van der Waals surface area contributed by atoms with Gasteiger partial charge in [0.1, 0.15) is 0 Å². The van der Waals surface area contributed by atoms with Crippen molar-refractivity contribution < 1.29 is 33.3 Å². The number of fused-ring (bicyclic) bond motifs is 6. The molecule has 0 N–H and O–H groups in total. The van der Waals surface area contributed by atoms with Gasteiger partial charge in [0.05, 0.1) is 50.0 Å². The quantitative estimate of drug-likeness (QED) is 0.0187. The number of ether oxygens (including phenoxy) is 6. The van der Waals surface area contributed by atoms with E-state index in [1.165, 1.54) is 372 Å². The predicted octanol–water partition coefficient (Wildman–Crippen LogP) is 35.5. The molecule has 0 fully saturated rings. The number of nitro groups is 1. The smallest absolute Gasteiger partial charge is 0.323 e. The Balaban J connectivity index is 1.82. The number of benzene rings is 4. The fourth-order valence-electron chi connectivity index (χ4n) is 16.7. The summed E-state index contributed by atoms with van der Waals surface area (Å²) < 4.78 is 41.9. The highest BCUT2D eigenvalue weighted by atomic mass is 16.6. The number of nitro benzene ring substituents is 1. The molecular weight excluding hydrogens is 1370 g/mol. The lowest BCUT2D eigenvalue weighted by Crippen LogP contribution is -2.07. The molecule has 0 spiro atoms. The Morgan fingerprint density at radius 1 is 0.198 bits per heavy atom. The molecule has 9 heteroatoms. The van der Waals surface area contributed by atoms with Gasteiger partial charge in [0.15, 0.2) is 28.7 Å². The van der Waals surface area contributed by atoms with Gasteiger partial charge in [-0.25, -0.2) is 0 Å². The monoisotopic (exact) mass is 1550 g/mol. The molecule has 0 radical (unpaired) electrons. The molecule has 4 rings (SSSR count). The third-order valence-corrected chi connectivity index (χ3v) is 23.9. The molecule has 0 saturated heterocycles. The Morgan fingerprint density at radius 3 is 0.532 bits per heavy atom. The van der Waals surface area contributed by atoms with Gasteiger partial charge in [-0.2, -0.15) is 0 Å². The number of unbranched alkanes of at least 4 members (excludes halogenated alkanes) is 66. The van der Waals surface area contributed by atoms with Crippen LogP contribution in [0.5, 0.6) is 34.5 Å². The highest BCUT2D eigenvalue weighted by molar-refractivity contribution is 6.29. The molecule has 0 aliphatic rings. The predicted molar refractivity (Wildman–Crippen MR) is 485 cm³/mol. The van der Waals surface area contributed by atoms with Crippen molar-refractivity contribution in [3.63, 3.8) is 0 Å². The van der Waals surface area contributed by atoms with Gasteiger partial charge in [-0.15, -0.1) is 0 Å². The fraction of sp³-hybridized carbons (Fsp3) is 0.824. The average molecular weight is 1550 g/mol. The molecule has 0 heterocycles. The summed E-state index contributed by atoms with van der Waals surface area (Å²) in [6.07, 6.45) is 91.1. The summed E-state index contributed by atoms with van der Waals surface area (Å²) in [7, 11) is 0. The fourth-order valence-corrected chi connectivity index (χ4v) is 16.7. The van der Waals surface area contributed by atoms with Gasteiger partial charge in [-0.05, 0) is 85.0 Å². The van der Waals surface area contributed by atoms with Crippen LogP contribution < -0.4 is 28.4 Å². The van der Waals surface area contributed by atoms with E-state index in [2.05, 4.69) is 71.9 Å². The van der Waals surface area contributed by atoms with Gasteiger partial charge in [0.2, 0.25) is 5.75 Å². The first-order valence-electron chi connectivity index (χ1n) is 49.4. The molecule has 111 heavy (non-hydrogen) atoms. The van der Waals surface area contributed by atoms with Crippen molar-refractivity contribution >= 4 is 38.0 Å². The van der Waals surface area contributed by atoms with E-state index in [0.29, 0.717) is 68.0 Å². The molecule has 9 nitrogen and oxygen atoms in total. The van der Waals surface area contributed by atoms with Crippen molar-refractivity contribution in [3.05, 3.63) is 40.4 Å². The number of hydrogen-bond acceptors (Lipinski definition) is 8.